The summed E-state index contributed by atoms with van der Waals surface area (Å²) < 4.78 is 12.4. The standard InChI is InChI=1S/C15H17N3O3S/c16-15(19)21-9-12-7-18-14(20-8-12)13(6-17-18)22-10-11-4-2-1-3-5-11/h1-6,12H,7-10H2,(H2,16,19)/t12-/m1/s1. The van der Waals surface area contributed by atoms with E-state index in [2.05, 4.69) is 17.2 Å². The van der Waals surface area contributed by atoms with Crippen molar-refractivity contribution in [3.63, 3.8) is 0 Å². The number of rotatable bonds is 5. The molecule has 0 bridgehead atoms. The molecule has 7 heteroatoms. The van der Waals surface area contributed by atoms with E-state index in [9.17, 15) is 4.79 Å². The zero-order valence-corrected chi connectivity index (χ0v) is 12.8. The molecule has 1 aromatic heterocycles. The van der Waals surface area contributed by atoms with Gasteiger partial charge in [0.1, 0.15) is 6.61 Å². The van der Waals surface area contributed by atoms with Crippen molar-refractivity contribution in [2.45, 2.75) is 17.2 Å². The van der Waals surface area contributed by atoms with Gasteiger partial charge in [0.05, 0.1) is 24.2 Å². The van der Waals surface area contributed by atoms with E-state index in [1.807, 2.05) is 29.1 Å². The van der Waals surface area contributed by atoms with Crippen LogP contribution in [0.15, 0.2) is 41.4 Å². The molecule has 116 valence electrons. The number of nitrogens with zero attached hydrogens (tertiary/aromatic N) is 2. The third kappa shape index (κ3) is 3.54. The minimum Gasteiger partial charge on any atom is -0.477 e. The molecule has 1 atom stereocenters. The zero-order chi connectivity index (χ0) is 15.4. The summed E-state index contributed by atoms with van der Waals surface area (Å²) in [6.45, 7) is 1.41. The van der Waals surface area contributed by atoms with Gasteiger partial charge >= 0.3 is 6.09 Å². The number of carbonyl (C=O) groups excluding carboxylic acids is 1. The zero-order valence-electron chi connectivity index (χ0n) is 12.0. The van der Waals surface area contributed by atoms with E-state index in [-0.39, 0.29) is 12.5 Å². The molecular weight excluding hydrogens is 302 g/mol. The summed E-state index contributed by atoms with van der Waals surface area (Å²) in [4.78, 5) is 11.7. The fourth-order valence-corrected chi connectivity index (χ4v) is 3.19. The number of thioether (sulfide) groups is 1. The van der Waals surface area contributed by atoms with Crippen LogP contribution in [0.25, 0.3) is 0 Å². The molecule has 1 aromatic carbocycles. The van der Waals surface area contributed by atoms with Crippen LogP contribution in [0.4, 0.5) is 4.79 Å². The second kappa shape index (κ2) is 6.74. The highest BCUT2D eigenvalue weighted by Crippen LogP contribution is 2.34. The molecule has 2 heterocycles. The van der Waals surface area contributed by atoms with Gasteiger partial charge in [0.15, 0.2) is 0 Å². The lowest BCUT2D eigenvalue weighted by atomic mass is 10.1. The van der Waals surface area contributed by atoms with Crippen LogP contribution in [-0.2, 0) is 17.0 Å². The summed E-state index contributed by atoms with van der Waals surface area (Å²) in [7, 11) is 0. The monoisotopic (exact) mass is 319 g/mol. The molecule has 0 radical (unpaired) electrons. The van der Waals surface area contributed by atoms with Crippen molar-refractivity contribution in [2.75, 3.05) is 13.2 Å². The topological polar surface area (TPSA) is 79.4 Å². The fourth-order valence-electron chi connectivity index (χ4n) is 2.26. The molecule has 0 saturated carbocycles. The lowest BCUT2D eigenvalue weighted by Crippen LogP contribution is -2.31. The van der Waals surface area contributed by atoms with Crippen LogP contribution in [0.1, 0.15) is 5.56 Å². The quantitative estimate of drug-likeness (QED) is 0.855. The Labute approximate surface area is 132 Å². The molecule has 0 spiro atoms. The third-order valence-electron chi connectivity index (χ3n) is 3.34. The SMILES string of the molecule is NC(=O)OC[C@H]1COc2c(SCc3ccccc3)cnn2C1. The Morgan fingerprint density at radius 1 is 1.45 bits per heavy atom. The number of aromatic nitrogens is 2. The average molecular weight is 319 g/mol. The molecular formula is C15H17N3O3S. The molecule has 22 heavy (non-hydrogen) atoms. The highest BCUT2D eigenvalue weighted by atomic mass is 32.2. The summed E-state index contributed by atoms with van der Waals surface area (Å²) in [5.74, 6) is 1.74. The number of nitrogens with two attached hydrogens (primary N) is 1. The van der Waals surface area contributed by atoms with Crippen molar-refractivity contribution >= 4 is 17.9 Å². The first kappa shape index (κ1) is 14.8. The van der Waals surface area contributed by atoms with Gasteiger partial charge in [0, 0.05) is 11.7 Å². The molecule has 0 saturated heterocycles. The first-order valence-corrected chi connectivity index (χ1v) is 7.98. The van der Waals surface area contributed by atoms with E-state index >= 15 is 0 Å². The fraction of sp³-hybridized carbons (Fsp3) is 0.333. The van der Waals surface area contributed by atoms with Gasteiger partial charge < -0.3 is 15.2 Å². The second-order valence-corrected chi connectivity index (χ2v) is 6.09. The van der Waals surface area contributed by atoms with Gasteiger partial charge in [0.2, 0.25) is 5.88 Å². The number of fused-ring (bicyclic) bond motifs is 1. The van der Waals surface area contributed by atoms with E-state index in [1.165, 1.54) is 5.56 Å². The van der Waals surface area contributed by atoms with Gasteiger partial charge in [-0.3, -0.25) is 0 Å². The Morgan fingerprint density at radius 3 is 3.05 bits per heavy atom. The minimum atomic E-state index is -0.759. The average Bonchev–Trinajstić information content (AvgIpc) is 2.94. The van der Waals surface area contributed by atoms with Gasteiger partial charge in [-0.25, -0.2) is 9.48 Å². The Hall–Kier alpha value is -2.15. The van der Waals surface area contributed by atoms with Crippen LogP contribution >= 0.6 is 11.8 Å². The van der Waals surface area contributed by atoms with Crippen LogP contribution in [0.5, 0.6) is 5.88 Å². The summed E-state index contributed by atoms with van der Waals surface area (Å²) in [6.07, 6.45) is 1.06. The molecule has 6 nitrogen and oxygen atoms in total. The summed E-state index contributed by atoms with van der Waals surface area (Å²) in [5.41, 5.74) is 6.24. The smallest absolute Gasteiger partial charge is 0.404 e. The maximum atomic E-state index is 10.6. The minimum absolute atomic E-state index is 0.0758. The normalized spacial score (nSPS) is 16.6. The molecule has 0 aliphatic carbocycles. The van der Waals surface area contributed by atoms with Crippen molar-refractivity contribution in [1.29, 1.82) is 0 Å². The number of ether oxygens (including phenoxy) is 2. The van der Waals surface area contributed by atoms with Gasteiger partial charge in [-0.1, -0.05) is 30.3 Å². The van der Waals surface area contributed by atoms with Gasteiger partial charge in [-0.15, -0.1) is 11.8 Å². The molecule has 2 aromatic rings. The summed E-state index contributed by atoms with van der Waals surface area (Å²) in [5, 5.41) is 4.35. The van der Waals surface area contributed by atoms with E-state index < -0.39 is 6.09 Å². The Balaban J connectivity index is 1.59. The van der Waals surface area contributed by atoms with E-state index in [1.54, 1.807) is 11.8 Å². The molecule has 3 rings (SSSR count). The largest absolute Gasteiger partial charge is 0.477 e. The van der Waals surface area contributed by atoms with Crippen molar-refractivity contribution < 1.29 is 14.3 Å². The maximum absolute atomic E-state index is 10.6. The van der Waals surface area contributed by atoms with Crippen LogP contribution in [0.2, 0.25) is 0 Å². The van der Waals surface area contributed by atoms with E-state index in [0.717, 1.165) is 16.5 Å². The molecule has 0 fully saturated rings. The number of benzene rings is 1. The van der Waals surface area contributed by atoms with Crippen LogP contribution in [0.3, 0.4) is 0 Å². The highest BCUT2D eigenvalue weighted by molar-refractivity contribution is 7.98. The van der Waals surface area contributed by atoms with Crippen LogP contribution in [-0.4, -0.2) is 29.1 Å². The van der Waals surface area contributed by atoms with Crippen molar-refractivity contribution in [3.8, 4) is 5.88 Å². The number of primary amides is 1. The van der Waals surface area contributed by atoms with E-state index in [0.29, 0.717) is 13.2 Å². The summed E-state index contributed by atoms with van der Waals surface area (Å²) in [6, 6.07) is 10.3. The van der Waals surface area contributed by atoms with Crippen molar-refractivity contribution in [2.24, 2.45) is 11.7 Å². The predicted molar refractivity (Wildman–Crippen MR) is 82.8 cm³/mol. The third-order valence-corrected chi connectivity index (χ3v) is 4.41. The maximum Gasteiger partial charge on any atom is 0.404 e. The predicted octanol–water partition coefficient (Wildman–Crippen LogP) is 2.28. The first-order chi connectivity index (χ1) is 10.7. The lowest BCUT2D eigenvalue weighted by molar-refractivity contribution is 0.0843. The Bertz CT molecular complexity index is 645. The number of hydrogen-bond acceptors (Lipinski definition) is 5. The van der Waals surface area contributed by atoms with Gasteiger partial charge in [0.25, 0.3) is 0 Å². The van der Waals surface area contributed by atoms with Crippen LogP contribution < -0.4 is 10.5 Å². The second-order valence-electron chi connectivity index (χ2n) is 5.08. The number of hydrogen-bond donors (Lipinski definition) is 1. The molecule has 2 N–H and O–H groups in total. The van der Waals surface area contributed by atoms with Crippen molar-refractivity contribution in [1.82, 2.24) is 9.78 Å². The molecule has 1 aliphatic rings. The van der Waals surface area contributed by atoms with Gasteiger partial charge in [-0.05, 0) is 5.56 Å². The number of amides is 1. The number of carbonyl (C=O) groups is 1. The Morgan fingerprint density at radius 2 is 2.27 bits per heavy atom. The molecule has 1 amide bonds. The van der Waals surface area contributed by atoms with Gasteiger partial charge in [-0.2, -0.15) is 5.10 Å². The summed E-state index contributed by atoms with van der Waals surface area (Å²) >= 11 is 1.70. The highest BCUT2D eigenvalue weighted by Gasteiger charge is 2.24. The molecule has 1 aliphatic heterocycles. The Kier molecular flexibility index (Phi) is 4.53. The lowest BCUT2D eigenvalue weighted by Gasteiger charge is -2.24. The van der Waals surface area contributed by atoms with Crippen molar-refractivity contribution in [3.05, 3.63) is 42.1 Å². The van der Waals surface area contributed by atoms with Crippen LogP contribution in [0, 0.1) is 5.92 Å². The first-order valence-electron chi connectivity index (χ1n) is 7.00. The van der Waals surface area contributed by atoms with E-state index in [4.69, 9.17) is 15.2 Å². The molecule has 0 unspecified atom stereocenters.